The molecule has 1 amide bonds. The fourth-order valence-electron chi connectivity index (χ4n) is 3.36. The highest BCUT2D eigenvalue weighted by Gasteiger charge is 2.33. The Kier molecular flexibility index (Phi) is 6.54. The zero-order valence-corrected chi connectivity index (χ0v) is 18.2. The number of nitrogens with one attached hydrogen (secondary N) is 1. The number of nitrogens with zero attached hydrogens (tertiary/aromatic N) is 1. The molecule has 0 unspecified atom stereocenters. The van der Waals surface area contributed by atoms with Crippen molar-refractivity contribution in [1.82, 2.24) is 4.90 Å². The number of hydrogen-bond acceptors (Lipinski definition) is 4. The Balaban J connectivity index is 1.95. The second-order valence-corrected chi connectivity index (χ2v) is 9.32. The van der Waals surface area contributed by atoms with Crippen molar-refractivity contribution >= 4 is 33.2 Å². The second-order valence-electron chi connectivity index (χ2n) is 7.26. The number of amides is 1. The van der Waals surface area contributed by atoms with Crippen LogP contribution in [0.15, 0.2) is 47.4 Å². The lowest BCUT2D eigenvalue weighted by molar-refractivity contribution is -0.137. The Hall–Kier alpha value is -2.30. The Morgan fingerprint density at radius 2 is 1.74 bits per heavy atom. The first-order valence-electron chi connectivity index (χ1n) is 9.32. The lowest BCUT2D eigenvalue weighted by Crippen LogP contribution is -2.48. The van der Waals surface area contributed by atoms with E-state index in [9.17, 15) is 26.4 Å². The molecule has 0 spiro atoms. The summed E-state index contributed by atoms with van der Waals surface area (Å²) in [5, 5.41) is -0.375. The molecular formula is C20H20ClF3N2O4S. The second kappa shape index (κ2) is 8.68. The molecule has 0 saturated carbocycles. The molecule has 31 heavy (non-hydrogen) atoms. The molecule has 3 rings (SSSR count). The summed E-state index contributed by atoms with van der Waals surface area (Å²) in [5.74, 6) is -0.421. The van der Waals surface area contributed by atoms with Crippen LogP contribution in [0.2, 0.25) is 5.02 Å². The molecule has 11 heteroatoms. The number of halogens is 4. The van der Waals surface area contributed by atoms with Gasteiger partial charge in [-0.15, -0.1) is 0 Å². The van der Waals surface area contributed by atoms with E-state index in [1.165, 1.54) is 18.2 Å². The van der Waals surface area contributed by atoms with E-state index in [1.807, 2.05) is 13.8 Å². The minimum Gasteiger partial charge on any atom is -0.372 e. The molecule has 1 aliphatic rings. The molecule has 2 atom stereocenters. The molecule has 1 aliphatic heterocycles. The van der Waals surface area contributed by atoms with Crippen molar-refractivity contribution in [2.75, 3.05) is 17.8 Å². The van der Waals surface area contributed by atoms with Crippen molar-refractivity contribution in [3.8, 4) is 0 Å². The van der Waals surface area contributed by atoms with Gasteiger partial charge in [0.05, 0.1) is 34.0 Å². The molecule has 2 aromatic rings. The largest absolute Gasteiger partial charge is 0.416 e. The molecule has 0 aliphatic carbocycles. The highest BCUT2D eigenvalue weighted by atomic mass is 35.5. The van der Waals surface area contributed by atoms with E-state index in [0.29, 0.717) is 25.2 Å². The lowest BCUT2D eigenvalue weighted by Gasteiger charge is -2.35. The van der Waals surface area contributed by atoms with Crippen LogP contribution in [0.1, 0.15) is 29.8 Å². The van der Waals surface area contributed by atoms with Gasteiger partial charge in [-0.2, -0.15) is 13.2 Å². The first-order chi connectivity index (χ1) is 14.4. The first kappa shape index (κ1) is 23.4. The highest BCUT2D eigenvalue weighted by Crippen LogP contribution is 2.34. The zero-order valence-electron chi connectivity index (χ0n) is 16.6. The van der Waals surface area contributed by atoms with Gasteiger partial charge >= 0.3 is 6.18 Å². The molecule has 1 N–H and O–H groups in total. The summed E-state index contributed by atoms with van der Waals surface area (Å²) in [7, 11) is -4.51. The fourth-order valence-corrected chi connectivity index (χ4v) is 4.96. The summed E-state index contributed by atoms with van der Waals surface area (Å²) < 4.78 is 72.6. The van der Waals surface area contributed by atoms with E-state index >= 15 is 0 Å². The Morgan fingerprint density at radius 1 is 1.13 bits per heavy atom. The van der Waals surface area contributed by atoms with E-state index in [-0.39, 0.29) is 28.5 Å². The minimum atomic E-state index is -4.74. The quantitative estimate of drug-likeness (QED) is 0.709. The summed E-state index contributed by atoms with van der Waals surface area (Å²) in [6.07, 6.45) is -5.13. The van der Waals surface area contributed by atoms with Crippen LogP contribution in [0.25, 0.3) is 0 Å². The van der Waals surface area contributed by atoms with Gasteiger partial charge in [0.25, 0.3) is 15.9 Å². The predicted molar refractivity (Wildman–Crippen MR) is 110 cm³/mol. The Bertz CT molecular complexity index is 1080. The van der Waals surface area contributed by atoms with Gasteiger partial charge in [-0.25, -0.2) is 8.42 Å². The van der Waals surface area contributed by atoms with Crippen molar-refractivity contribution in [2.45, 2.75) is 37.1 Å². The summed E-state index contributed by atoms with van der Waals surface area (Å²) in [4.78, 5) is 13.9. The van der Waals surface area contributed by atoms with E-state index in [4.69, 9.17) is 16.3 Å². The first-order valence-corrected chi connectivity index (χ1v) is 11.2. The SMILES string of the molecule is C[C@H]1CN(C(=O)c2ccccc2NS(=O)(=O)c2cc(C(F)(F)F)ccc2Cl)C[C@H](C)O1. The van der Waals surface area contributed by atoms with Gasteiger partial charge in [0, 0.05) is 13.1 Å². The number of morpholine rings is 1. The van der Waals surface area contributed by atoms with Crippen molar-refractivity contribution in [1.29, 1.82) is 0 Å². The average Bonchev–Trinajstić information content (AvgIpc) is 2.66. The Morgan fingerprint density at radius 3 is 2.35 bits per heavy atom. The van der Waals surface area contributed by atoms with Gasteiger partial charge in [0.15, 0.2) is 0 Å². The molecule has 1 fully saturated rings. The zero-order chi connectivity index (χ0) is 23.0. The third-order valence-corrected chi connectivity index (χ3v) is 6.50. The van der Waals surface area contributed by atoms with Gasteiger partial charge < -0.3 is 9.64 Å². The van der Waals surface area contributed by atoms with E-state index in [0.717, 1.165) is 6.07 Å². The third-order valence-electron chi connectivity index (χ3n) is 4.66. The number of rotatable bonds is 4. The molecule has 6 nitrogen and oxygen atoms in total. The highest BCUT2D eigenvalue weighted by molar-refractivity contribution is 7.92. The number of carbonyl (C=O) groups excluding carboxylic acids is 1. The van der Waals surface area contributed by atoms with Crippen LogP contribution in [0.4, 0.5) is 18.9 Å². The topological polar surface area (TPSA) is 75.7 Å². The molecule has 1 heterocycles. The predicted octanol–water partition coefficient (Wildman–Crippen LogP) is 4.41. The van der Waals surface area contributed by atoms with Crippen molar-refractivity contribution < 1.29 is 31.1 Å². The van der Waals surface area contributed by atoms with Crippen LogP contribution in [-0.2, 0) is 20.9 Å². The summed E-state index contributed by atoms with van der Waals surface area (Å²) in [6, 6.07) is 7.90. The normalized spacial score (nSPS) is 19.9. The van der Waals surface area contributed by atoms with Crippen LogP contribution in [0.5, 0.6) is 0 Å². The number of sulfonamides is 1. The maximum Gasteiger partial charge on any atom is 0.416 e. The summed E-state index contributed by atoms with van der Waals surface area (Å²) in [5.41, 5.74) is -1.15. The third kappa shape index (κ3) is 5.31. The fraction of sp³-hybridized carbons (Fsp3) is 0.350. The summed E-state index contributed by atoms with van der Waals surface area (Å²) in [6.45, 7) is 4.29. The van der Waals surface area contributed by atoms with Gasteiger partial charge in [0.1, 0.15) is 4.90 Å². The maximum atomic E-state index is 13.0. The van der Waals surface area contributed by atoms with E-state index in [2.05, 4.69) is 4.72 Å². The number of alkyl halides is 3. The van der Waals surface area contributed by atoms with Gasteiger partial charge in [0.2, 0.25) is 0 Å². The Labute approximate surface area is 183 Å². The van der Waals surface area contributed by atoms with Gasteiger partial charge in [-0.05, 0) is 44.2 Å². The molecule has 0 radical (unpaired) electrons. The number of hydrogen-bond donors (Lipinski definition) is 1. The van der Waals surface area contributed by atoms with Gasteiger partial charge in [-0.3, -0.25) is 9.52 Å². The maximum absolute atomic E-state index is 13.0. The van der Waals surface area contributed by atoms with Crippen molar-refractivity contribution in [3.05, 3.63) is 58.6 Å². The standard InChI is InChI=1S/C20H20ClF3N2O4S/c1-12-10-26(11-13(2)30-12)19(27)15-5-3-4-6-17(15)25-31(28,29)18-9-14(20(22,23)24)7-8-16(18)21/h3-9,12-13,25H,10-11H2,1-2H3/t12-,13-/m0/s1. The van der Waals surface area contributed by atoms with E-state index < -0.39 is 32.6 Å². The van der Waals surface area contributed by atoms with Gasteiger partial charge in [-0.1, -0.05) is 23.7 Å². The van der Waals surface area contributed by atoms with E-state index in [1.54, 1.807) is 11.0 Å². The minimum absolute atomic E-state index is 0.0622. The van der Waals surface area contributed by atoms with Crippen LogP contribution in [0, 0.1) is 0 Å². The van der Waals surface area contributed by atoms with Crippen LogP contribution in [0.3, 0.4) is 0 Å². The van der Waals surface area contributed by atoms with Crippen LogP contribution >= 0.6 is 11.6 Å². The smallest absolute Gasteiger partial charge is 0.372 e. The molecule has 0 bridgehead atoms. The molecular weight excluding hydrogens is 457 g/mol. The van der Waals surface area contributed by atoms with Crippen LogP contribution in [-0.4, -0.2) is 44.5 Å². The molecule has 2 aromatic carbocycles. The lowest BCUT2D eigenvalue weighted by atomic mass is 10.1. The van der Waals surface area contributed by atoms with Crippen molar-refractivity contribution in [2.24, 2.45) is 0 Å². The van der Waals surface area contributed by atoms with Crippen LogP contribution < -0.4 is 4.72 Å². The number of para-hydroxylation sites is 1. The molecule has 1 saturated heterocycles. The molecule has 0 aromatic heterocycles. The molecule has 168 valence electrons. The monoisotopic (exact) mass is 476 g/mol. The average molecular weight is 477 g/mol. The number of ether oxygens (including phenoxy) is 1. The number of carbonyl (C=O) groups is 1. The number of benzene rings is 2. The van der Waals surface area contributed by atoms with Crippen molar-refractivity contribution in [3.63, 3.8) is 0 Å². The summed E-state index contributed by atoms with van der Waals surface area (Å²) >= 11 is 5.88. The number of anilines is 1.